The van der Waals surface area contributed by atoms with Crippen molar-refractivity contribution >= 4 is 17.4 Å². The van der Waals surface area contributed by atoms with Gasteiger partial charge in [-0.15, -0.1) is 11.3 Å². The zero-order valence-electron chi connectivity index (χ0n) is 12.9. The molecule has 7 heteroatoms. The average molecular weight is 323 g/mol. The Hall–Kier alpha value is -1.86. The molecule has 0 aliphatic heterocycles. The number of aryl methyl sites for hydroxylation is 1. The number of carbonyl (C=O) groups excluding carboxylic acids is 1. The first-order valence-corrected chi connectivity index (χ1v) is 8.04. The van der Waals surface area contributed by atoms with Crippen LogP contribution in [0.5, 0.6) is 0 Å². The van der Waals surface area contributed by atoms with Gasteiger partial charge in [0.1, 0.15) is 16.9 Å². The van der Waals surface area contributed by atoms with Gasteiger partial charge < -0.3 is 20.2 Å². The number of rotatable bonds is 6. The molecule has 0 fully saturated rings. The number of aliphatic hydroxyl groups is 1. The number of hydrogen-bond acceptors (Lipinski definition) is 5. The third-order valence-electron chi connectivity index (χ3n) is 3.18. The Bertz CT molecular complexity index is 597. The van der Waals surface area contributed by atoms with Gasteiger partial charge in [-0.2, -0.15) is 0 Å². The Kier molecular flexibility index (Phi) is 5.57. The highest BCUT2D eigenvalue weighted by Gasteiger charge is 2.18. The van der Waals surface area contributed by atoms with Crippen molar-refractivity contribution in [3.63, 3.8) is 0 Å². The van der Waals surface area contributed by atoms with Gasteiger partial charge in [-0.05, 0) is 32.9 Å². The number of carbonyl (C=O) groups is 1. The van der Waals surface area contributed by atoms with Crippen LogP contribution in [0.4, 0.5) is 4.79 Å². The first-order valence-electron chi connectivity index (χ1n) is 7.16. The van der Waals surface area contributed by atoms with E-state index >= 15 is 0 Å². The molecule has 0 aromatic carbocycles. The molecule has 2 rings (SSSR count). The Morgan fingerprint density at radius 1 is 1.45 bits per heavy atom. The van der Waals surface area contributed by atoms with Crippen LogP contribution >= 0.6 is 11.3 Å². The molecule has 0 spiro atoms. The average Bonchev–Trinajstić information content (AvgIpc) is 3.08. The minimum absolute atomic E-state index is 0.152. The second kappa shape index (κ2) is 7.42. The van der Waals surface area contributed by atoms with Crippen LogP contribution in [0.15, 0.2) is 28.2 Å². The second-order valence-electron chi connectivity index (χ2n) is 5.33. The number of thiazole rings is 1. The first kappa shape index (κ1) is 16.5. The maximum atomic E-state index is 12.0. The number of nitrogens with zero attached hydrogens (tertiary/aromatic N) is 1. The predicted molar refractivity (Wildman–Crippen MR) is 84.7 cm³/mol. The monoisotopic (exact) mass is 323 g/mol. The molecule has 0 radical (unpaired) electrons. The number of furan rings is 1. The van der Waals surface area contributed by atoms with Gasteiger partial charge in [0.15, 0.2) is 0 Å². The summed E-state index contributed by atoms with van der Waals surface area (Å²) in [4.78, 5) is 16.3. The lowest BCUT2D eigenvalue weighted by atomic mass is 10.1. The van der Waals surface area contributed by atoms with Gasteiger partial charge in [-0.1, -0.05) is 0 Å². The van der Waals surface area contributed by atoms with E-state index in [4.69, 9.17) is 4.42 Å². The minimum atomic E-state index is -0.732. The van der Waals surface area contributed by atoms with E-state index in [1.54, 1.807) is 12.1 Å². The van der Waals surface area contributed by atoms with Gasteiger partial charge in [0.2, 0.25) is 0 Å². The van der Waals surface area contributed by atoms with Gasteiger partial charge in [0.05, 0.1) is 12.3 Å². The quantitative estimate of drug-likeness (QED) is 0.763. The van der Waals surface area contributed by atoms with Crippen LogP contribution in [0.1, 0.15) is 48.9 Å². The van der Waals surface area contributed by atoms with Gasteiger partial charge in [0.25, 0.3) is 0 Å². The predicted octanol–water partition coefficient (Wildman–Crippen LogP) is 2.92. The van der Waals surface area contributed by atoms with Crippen molar-refractivity contribution < 1.29 is 14.3 Å². The summed E-state index contributed by atoms with van der Waals surface area (Å²) in [5, 5.41) is 18.5. The third-order valence-corrected chi connectivity index (χ3v) is 4.33. The zero-order valence-corrected chi connectivity index (χ0v) is 13.7. The summed E-state index contributed by atoms with van der Waals surface area (Å²) in [7, 11) is 0. The Morgan fingerprint density at radius 2 is 2.23 bits per heavy atom. The van der Waals surface area contributed by atoms with Gasteiger partial charge in [0, 0.05) is 23.5 Å². The summed E-state index contributed by atoms with van der Waals surface area (Å²) in [5.41, 5.74) is 0.948. The first-order chi connectivity index (χ1) is 10.5. The number of amides is 2. The van der Waals surface area contributed by atoms with Gasteiger partial charge in [-0.25, -0.2) is 9.78 Å². The van der Waals surface area contributed by atoms with Crippen molar-refractivity contribution in [3.8, 4) is 0 Å². The fraction of sp³-hybridized carbons (Fsp3) is 0.467. The summed E-state index contributed by atoms with van der Waals surface area (Å²) in [6.07, 6.45) is 1.16. The smallest absolute Gasteiger partial charge is 0.315 e. The molecule has 2 aromatic rings. The van der Waals surface area contributed by atoms with Crippen LogP contribution in [0.2, 0.25) is 0 Å². The molecule has 3 atom stereocenters. The topological polar surface area (TPSA) is 87.4 Å². The zero-order chi connectivity index (χ0) is 16.1. The van der Waals surface area contributed by atoms with E-state index in [0.29, 0.717) is 12.2 Å². The van der Waals surface area contributed by atoms with Crippen LogP contribution in [0.25, 0.3) is 0 Å². The number of aliphatic hydroxyl groups excluding tert-OH is 1. The molecule has 0 bridgehead atoms. The molecular weight excluding hydrogens is 302 g/mol. The number of nitrogens with one attached hydrogen (secondary N) is 2. The largest absolute Gasteiger partial charge is 0.467 e. The van der Waals surface area contributed by atoms with Crippen LogP contribution in [0, 0.1) is 6.92 Å². The molecule has 2 amide bonds. The molecule has 0 saturated heterocycles. The van der Waals surface area contributed by atoms with Gasteiger partial charge >= 0.3 is 6.03 Å². The molecule has 0 aliphatic carbocycles. The molecule has 6 nitrogen and oxygen atoms in total. The number of hydrogen-bond donors (Lipinski definition) is 3. The normalized spacial score (nSPS) is 15.1. The molecule has 120 valence electrons. The summed E-state index contributed by atoms with van der Waals surface area (Å²) >= 11 is 1.52. The lowest BCUT2D eigenvalue weighted by Gasteiger charge is -2.18. The van der Waals surface area contributed by atoms with Crippen LogP contribution in [-0.4, -0.2) is 22.2 Å². The lowest BCUT2D eigenvalue weighted by molar-refractivity contribution is 0.129. The highest BCUT2D eigenvalue weighted by atomic mass is 32.1. The van der Waals surface area contributed by atoms with Crippen molar-refractivity contribution in [2.24, 2.45) is 0 Å². The van der Waals surface area contributed by atoms with Crippen molar-refractivity contribution in [1.82, 2.24) is 15.6 Å². The molecule has 0 saturated carbocycles. The molecule has 2 heterocycles. The minimum Gasteiger partial charge on any atom is -0.467 e. The molecule has 22 heavy (non-hydrogen) atoms. The van der Waals surface area contributed by atoms with E-state index in [0.717, 1.165) is 10.7 Å². The van der Waals surface area contributed by atoms with Crippen LogP contribution < -0.4 is 10.6 Å². The highest BCUT2D eigenvalue weighted by Crippen LogP contribution is 2.19. The fourth-order valence-electron chi connectivity index (χ4n) is 2.09. The molecule has 3 N–H and O–H groups in total. The maximum absolute atomic E-state index is 12.0. The van der Waals surface area contributed by atoms with Crippen molar-refractivity contribution in [1.29, 1.82) is 0 Å². The van der Waals surface area contributed by atoms with Crippen molar-refractivity contribution in [2.75, 3.05) is 0 Å². The van der Waals surface area contributed by atoms with Crippen LogP contribution in [-0.2, 0) is 0 Å². The van der Waals surface area contributed by atoms with E-state index < -0.39 is 6.10 Å². The Morgan fingerprint density at radius 3 is 2.82 bits per heavy atom. The molecular formula is C15H21N3O3S. The second-order valence-corrected chi connectivity index (χ2v) is 6.22. The number of aromatic nitrogens is 1. The Balaban J connectivity index is 1.78. The van der Waals surface area contributed by atoms with Crippen LogP contribution in [0.3, 0.4) is 0 Å². The van der Waals surface area contributed by atoms with E-state index in [1.165, 1.54) is 17.6 Å². The fourth-order valence-corrected chi connectivity index (χ4v) is 2.89. The standard InChI is InChI=1S/C15H21N3O3S/c1-9(7-12(19)13-5-4-6-21-13)17-15(20)18-11(3)14-16-10(2)8-22-14/h4-6,8-9,11-12,19H,7H2,1-3H3,(H2,17,18,20). The summed E-state index contributed by atoms with van der Waals surface area (Å²) in [5.74, 6) is 0.501. The lowest BCUT2D eigenvalue weighted by Crippen LogP contribution is -2.42. The summed E-state index contributed by atoms with van der Waals surface area (Å²) in [6.45, 7) is 5.65. The highest BCUT2D eigenvalue weighted by molar-refractivity contribution is 7.09. The van der Waals surface area contributed by atoms with Crippen molar-refractivity contribution in [2.45, 2.75) is 45.4 Å². The molecule has 2 aromatic heterocycles. The van der Waals surface area contributed by atoms with E-state index in [-0.39, 0.29) is 18.1 Å². The molecule has 0 aliphatic rings. The van der Waals surface area contributed by atoms with E-state index in [1.807, 2.05) is 26.2 Å². The van der Waals surface area contributed by atoms with Crippen molar-refractivity contribution in [3.05, 3.63) is 40.2 Å². The van der Waals surface area contributed by atoms with Gasteiger partial charge in [-0.3, -0.25) is 0 Å². The molecule has 3 unspecified atom stereocenters. The SMILES string of the molecule is Cc1csc(C(C)NC(=O)NC(C)CC(O)c2ccco2)n1. The summed E-state index contributed by atoms with van der Waals surface area (Å²) < 4.78 is 5.14. The Labute approximate surface area is 133 Å². The van der Waals surface area contributed by atoms with E-state index in [2.05, 4.69) is 15.6 Å². The third kappa shape index (κ3) is 4.57. The number of urea groups is 1. The summed E-state index contributed by atoms with van der Waals surface area (Å²) in [6, 6.07) is 2.82. The maximum Gasteiger partial charge on any atom is 0.315 e. The van der Waals surface area contributed by atoms with E-state index in [9.17, 15) is 9.90 Å².